The van der Waals surface area contributed by atoms with E-state index in [4.69, 9.17) is 24.4 Å². The van der Waals surface area contributed by atoms with Crippen LogP contribution in [0.2, 0.25) is 0 Å². The number of oxazole rings is 1. The predicted octanol–water partition coefficient (Wildman–Crippen LogP) is 15.1. The van der Waals surface area contributed by atoms with Gasteiger partial charge in [-0.15, -0.1) is 0 Å². The number of hydrogen-bond acceptors (Lipinski definition) is 5. The van der Waals surface area contributed by atoms with Gasteiger partial charge in [0.2, 0.25) is 5.89 Å². The van der Waals surface area contributed by atoms with Gasteiger partial charge < -0.3 is 4.42 Å². The Bertz CT molecular complexity index is 3660. The average Bonchev–Trinajstić information content (AvgIpc) is 3.83. The summed E-state index contributed by atoms with van der Waals surface area (Å²) in [5.74, 6) is 2.42. The van der Waals surface area contributed by atoms with Crippen LogP contribution in [0.1, 0.15) is 0 Å². The van der Waals surface area contributed by atoms with Gasteiger partial charge in [-0.25, -0.2) is 19.9 Å². The molecule has 0 aliphatic heterocycles. The zero-order chi connectivity index (χ0) is 41.7. The smallest absolute Gasteiger partial charge is 0.227 e. The first-order valence-electron chi connectivity index (χ1n) is 21.1. The lowest BCUT2D eigenvalue weighted by atomic mass is 9.95. The van der Waals surface area contributed by atoms with E-state index >= 15 is 0 Å². The van der Waals surface area contributed by atoms with Crippen LogP contribution in [-0.2, 0) is 0 Å². The summed E-state index contributed by atoms with van der Waals surface area (Å²) in [6.45, 7) is 0. The fourth-order valence-electron chi connectivity index (χ4n) is 8.68. The molecule has 0 aliphatic carbocycles. The molecule has 0 aliphatic rings. The van der Waals surface area contributed by atoms with Crippen molar-refractivity contribution >= 4 is 43.4 Å². The maximum absolute atomic E-state index is 6.61. The lowest BCUT2D eigenvalue weighted by Gasteiger charge is -2.11. The minimum Gasteiger partial charge on any atom is -0.435 e. The van der Waals surface area contributed by atoms with Crippen LogP contribution in [0.25, 0.3) is 122 Å². The molecule has 63 heavy (non-hydrogen) atoms. The summed E-state index contributed by atoms with van der Waals surface area (Å²) >= 11 is 0. The number of hydrogen-bond donors (Lipinski definition) is 0. The van der Waals surface area contributed by atoms with Crippen molar-refractivity contribution in [2.75, 3.05) is 0 Å². The molecule has 2 heterocycles. The van der Waals surface area contributed by atoms with Gasteiger partial charge >= 0.3 is 0 Å². The molecule has 12 rings (SSSR count). The Labute approximate surface area is 363 Å². The molecule has 0 radical (unpaired) electrons. The molecule has 0 spiro atoms. The summed E-state index contributed by atoms with van der Waals surface area (Å²) < 4.78 is 6.61. The van der Waals surface area contributed by atoms with E-state index in [0.29, 0.717) is 23.4 Å². The van der Waals surface area contributed by atoms with Crippen molar-refractivity contribution in [2.24, 2.45) is 0 Å². The topological polar surface area (TPSA) is 64.7 Å². The van der Waals surface area contributed by atoms with Crippen LogP contribution in [0.5, 0.6) is 0 Å². The highest BCUT2D eigenvalue weighted by molar-refractivity contribution is 6.23. The highest BCUT2D eigenvalue weighted by atomic mass is 16.3. The SMILES string of the molecule is c1ccc(-c2ccc(-c3nc(-c4ccc(-c5ccc6ccccc6c5)cc4)nc(-c4cccc(-c5ccc6c7ccccc7c7nc(-c8ccccc8)oc7c6c5)c4)n3)cc2)cc1. The van der Waals surface area contributed by atoms with Gasteiger partial charge in [0.25, 0.3) is 0 Å². The number of rotatable bonds is 7. The van der Waals surface area contributed by atoms with Crippen LogP contribution in [0.4, 0.5) is 0 Å². The Morgan fingerprint density at radius 1 is 0.254 bits per heavy atom. The van der Waals surface area contributed by atoms with Gasteiger partial charge in [0.15, 0.2) is 23.1 Å². The molecular formula is C58H36N4O. The molecule has 0 fully saturated rings. The van der Waals surface area contributed by atoms with Gasteiger partial charge in [0.05, 0.1) is 0 Å². The van der Waals surface area contributed by atoms with Gasteiger partial charge in [-0.1, -0.05) is 188 Å². The molecule has 5 nitrogen and oxygen atoms in total. The summed E-state index contributed by atoms with van der Waals surface area (Å²) in [7, 11) is 0. The first-order valence-corrected chi connectivity index (χ1v) is 21.1. The van der Waals surface area contributed by atoms with Gasteiger partial charge in [-0.2, -0.15) is 0 Å². The Balaban J connectivity index is 0.963. The van der Waals surface area contributed by atoms with Gasteiger partial charge in [0, 0.05) is 33.0 Å². The van der Waals surface area contributed by atoms with Crippen LogP contribution in [0, 0.1) is 0 Å². The molecule has 0 atom stereocenters. The van der Waals surface area contributed by atoms with Crippen molar-refractivity contribution in [3.63, 3.8) is 0 Å². The largest absolute Gasteiger partial charge is 0.435 e. The zero-order valence-corrected chi connectivity index (χ0v) is 34.0. The molecule has 10 aromatic carbocycles. The second-order valence-corrected chi connectivity index (χ2v) is 15.8. The fourth-order valence-corrected chi connectivity index (χ4v) is 8.68. The van der Waals surface area contributed by atoms with Crippen molar-refractivity contribution in [2.45, 2.75) is 0 Å². The second-order valence-electron chi connectivity index (χ2n) is 15.8. The van der Waals surface area contributed by atoms with Crippen molar-refractivity contribution in [1.82, 2.24) is 19.9 Å². The third kappa shape index (κ3) is 6.69. The fraction of sp³-hybridized carbons (Fsp3) is 0. The van der Waals surface area contributed by atoms with Crippen LogP contribution in [-0.4, -0.2) is 19.9 Å². The summed E-state index contributed by atoms with van der Waals surface area (Å²) in [6, 6.07) is 76.0. The quantitative estimate of drug-likeness (QED) is 0.150. The third-order valence-corrected chi connectivity index (χ3v) is 12.0. The molecular weight excluding hydrogens is 769 g/mol. The van der Waals surface area contributed by atoms with E-state index in [-0.39, 0.29) is 0 Å². The maximum Gasteiger partial charge on any atom is 0.227 e. The van der Waals surface area contributed by atoms with E-state index in [1.165, 1.54) is 10.8 Å². The van der Waals surface area contributed by atoms with E-state index in [1.807, 2.05) is 36.4 Å². The monoisotopic (exact) mass is 804 g/mol. The van der Waals surface area contributed by atoms with Crippen molar-refractivity contribution in [3.05, 3.63) is 218 Å². The molecule has 0 saturated heterocycles. The molecule has 2 aromatic heterocycles. The summed E-state index contributed by atoms with van der Waals surface area (Å²) in [5, 5.41) is 6.78. The summed E-state index contributed by atoms with van der Waals surface area (Å²) in [4.78, 5) is 20.4. The van der Waals surface area contributed by atoms with Crippen molar-refractivity contribution in [1.29, 1.82) is 0 Å². The molecule has 12 aromatic rings. The average molecular weight is 805 g/mol. The van der Waals surface area contributed by atoms with Gasteiger partial charge in [0.1, 0.15) is 5.52 Å². The summed E-state index contributed by atoms with van der Waals surface area (Å²) in [5.41, 5.74) is 12.0. The molecule has 0 saturated carbocycles. The highest BCUT2D eigenvalue weighted by Gasteiger charge is 2.18. The summed E-state index contributed by atoms with van der Waals surface area (Å²) in [6.07, 6.45) is 0. The number of nitrogens with zero attached hydrogens (tertiary/aromatic N) is 4. The highest BCUT2D eigenvalue weighted by Crippen LogP contribution is 2.40. The van der Waals surface area contributed by atoms with E-state index in [0.717, 1.165) is 88.3 Å². The predicted molar refractivity (Wildman–Crippen MR) is 258 cm³/mol. The lowest BCUT2D eigenvalue weighted by molar-refractivity contribution is 0.623. The Morgan fingerprint density at radius 3 is 1.43 bits per heavy atom. The Morgan fingerprint density at radius 2 is 0.714 bits per heavy atom. The minimum absolute atomic E-state index is 0.597. The van der Waals surface area contributed by atoms with E-state index in [9.17, 15) is 0 Å². The molecule has 5 heteroatoms. The first-order chi connectivity index (χ1) is 31.2. The van der Waals surface area contributed by atoms with Crippen molar-refractivity contribution < 1.29 is 4.42 Å². The van der Waals surface area contributed by atoms with Gasteiger partial charge in [-0.3, -0.25) is 0 Å². The second kappa shape index (κ2) is 15.2. The maximum atomic E-state index is 6.61. The first kappa shape index (κ1) is 36.3. The van der Waals surface area contributed by atoms with E-state index < -0.39 is 0 Å². The third-order valence-electron chi connectivity index (χ3n) is 12.0. The molecule has 0 unspecified atom stereocenters. The lowest BCUT2D eigenvalue weighted by Crippen LogP contribution is -2.00. The van der Waals surface area contributed by atoms with E-state index in [2.05, 4.69) is 182 Å². The Kier molecular flexibility index (Phi) is 8.75. The van der Waals surface area contributed by atoms with Crippen LogP contribution in [0.3, 0.4) is 0 Å². The number of benzene rings is 10. The standard InChI is InChI=1S/C58H36N4O/c1-3-12-37(13-4-1)39-22-27-41(28-23-39)55-60-56(42-29-24-40(25-30-42)46-31-26-38-14-7-8-17-44(38)34-46)62-57(61-55)48-19-11-18-45(35-48)47-32-33-50-49-20-9-10-21-51(49)53-54(52(50)36-47)63-58(59-53)43-15-5-2-6-16-43/h1-36H. The molecule has 0 bridgehead atoms. The number of fused-ring (bicyclic) bond motifs is 7. The normalized spacial score (nSPS) is 11.5. The van der Waals surface area contributed by atoms with Crippen LogP contribution in [0.15, 0.2) is 223 Å². The van der Waals surface area contributed by atoms with E-state index in [1.54, 1.807) is 0 Å². The van der Waals surface area contributed by atoms with Gasteiger partial charge in [-0.05, 0) is 85.3 Å². The zero-order valence-electron chi connectivity index (χ0n) is 34.0. The Hall–Kier alpha value is -8.54. The van der Waals surface area contributed by atoms with Crippen LogP contribution < -0.4 is 0 Å². The molecule has 294 valence electrons. The number of aromatic nitrogens is 4. The molecule has 0 amide bonds. The molecule has 0 N–H and O–H groups in total. The van der Waals surface area contributed by atoms with Crippen molar-refractivity contribution in [3.8, 4) is 79.0 Å². The minimum atomic E-state index is 0.597. The van der Waals surface area contributed by atoms with Crippen LogP contribution >= 0.6 is 0 Å².